The van der Waals surface area contributed by atoms with Crippen LogP contribution in [0.15, 0.2) is 18.2 Å². The molecular weight excluding hydrogens is 230 g/mol. The van der Waals surface area contributed by atoms with Crippen LogP contribution in [0.2, 0.25) is 0 Å². The molecule has 0 spiro atoms. The molecule has 6 nitrogen and oxygen atoms in total. The van der Waals surface area contributed by atoms with Gasteiger partial charge >= 0.3 is 0 Å². The molecule has 0 aliphatic heterocycles. The highest BCUT2D eigenvalue weighted by Crippen LogP contribution is 2.25. The minimum atomic E-state index is 0.600. The van der Waals surface area contributed by atoms with E-state index in [2.05, 4.69) is 22.4 Å². The molecule has 2 rings (SSSR count). The molecule has 96 valence electrons. The molecule has 18 heavy (non-hydrogen) atoms. The largest absolute Gasteiger partial charge is 0.494 e. The van der Waals surface area contributed by atoms with E-state index in [1.54, 1.807) is 10.7 Å². The molecule has 0 radical (unpaired) electrons. The standard InChI is InChI=1S/C12H17N5O/c1-3-5-17-12(14-15-16-17)9-6-10(13)8-11(7-9)18-4-2/h6-8H,3-5,13H2,1-2H3. The van der Waals surface area contributed by atoms with E-state index in [4.69, 9.17) is 10.5 Å². The van der Waals surface area contributed by atoms with Crippen LogP contribution < -0.4 is 10.5 Å². The summed E-state index contributed by atoms with van der Waals surface area (Å²) < 4.78 is 7.24. The maximum absolute atomic E-state index is 5.86. The fraction of sp³-hybridized carbons (Fsp3) is 0.417. The highest BCUT2D eigenvalue weighted by Gasteiger charge is 2.10. The Labute approximate surface area is 106 Å². The molecule has 0 aliphatic rings. The second-order valence-corrected chi connectivity index (χ2v) is 3.95. The molecule has 2 aromatic rings. The lowest BCUT2D eigenvalue weighted by Crippen LogP contribution is -2.03. The van der Waals surface area contributed by atoms with Crippen LogP contribution in [-0.4, -0.2) is 26.8 Å². The van der Waals surface area contributed by atoms with Gasteiger partial charge < -0.3 is 10.5 Å². The summed E-state index contributed by atoms with van der Waals surface area (Å²) in [4.78, 5) is 0. The van der Waals surface area contributed by atoms with Gasteiger partial charge in [-0.25, -0.2) is 4.68 Å². The summed E-state index contributed by atoms with van der Waals surface area (Å²) in [5, 5.41) is 11.7. The first kappa shape index (κ1) is 12.3. The van der Waals surface area contributed by atoms with Gasteiger partial charge in [0.05, 0.1) is 6.61 Å². The molecule has 0 fully saturated rings. The number of ether oxygens (including phenoxy) is 1. The van der Waals surface area contributed by atoms with E-state index < -0.39 is 0 Å². The van der Waals surface area contributed by atoms with Crippen molar-refractivity contribution in [3.63, 3.8) is 0 Å². The van der Waals surface area contributed by atoms with Crippen LogP contribution in [0.1, 0.15) is 20.3 Å². The number of tetrazole rings is 1. The van der Waals surface area contributed by atoms with Gasteiger partial charge in [0.15, 0.2) is 5.82 Å². The lowest BCUT2D eigenvalue weighted by Gasteiger charge is -2.08. The Morgan fingerprint density at radius 1 is 1.28 bits per heavy atom. The molecule has 0 atom stereocenters. The summed E-state index contributed by atoms with van der Waals surface area (Å²) in [6.45, 7) is 5.39. The van der Waals surface area contributed by atoms with E-state index >= 15 is 0 Å². The zero-order chi connectivity index (χ0) is 13.0. The van der Waals surface area contributed by atoms with Gasteiger partial charge in [-0.05, 0) is 35.9 Å². The highest BCUT2D eigenvalue weighted by atomic mass is 16.5. The fourth-order valence-corrected chi connectivity index (χ4v) is 1.77. The molecule has 6 heteroatoms. The Bertz CT molecular complexity index is 523. The Hall–Kier alpha value is -2.11. The molecule has 0 bridgehead atoms. The minimum absolute atomic E-state index is 0.600. The molecular formula is C12H17N5O. The predicted molar refractivity (Wildman–Crippen MR) is 69.1 cm³/mol. The molecule has 2 N–H and O–H groups in total. The van der Waals surface area contributed by atoms with E-state index in [-0.39, 0.29) is 0 Å². The summed E-state index contributed by atoms with van der Waals surface area (Å²) >= 11 is 0. The van der Waals surface area contributed by atoms with Crippen LogP contribution in [0.3, 0.4) is 0 Å². The smallest absolute Gasteiger partial charge is 0.182 e. The van der Waals surface area contributed by atoms with Gasteiger partial charge in [0.2, 0.25) is 0 Å². The minimum Gasteiger partial charge on any atom is -0.494 e. The normalized spacial score (nSPS) is 10.6. The number of nitrogen functional groups attached to an aromatic ring is 1. The SMILES string of the molecule is CCCn1nnnc1-c1cc(N)cc(OCC)c1. The number of hydrogen-bond donors (Lipinski definition) is 1. The third-order valence-electron chi connectivity index (χ3n) is 2.47. The number of nitrogens with zero attached hydrogens (tertiary/aromatic N) is 4. The summed E-state index contributed by atoms with van der Waals surface area (Å²) in [6, 6.07) is 5.54. The van der Waals surface area contributed by atoms with Crippen LogP contribution in [-0.2, 0) is 6.54 Å². The van der Waals surface area contributed by atoms with Crippen LogP contribution >= 0.6 is 0 Å². The first-order valence-corrected chi connectivity index (χ1v) is 6.04. The number of rotatable bonds is 5. The third kappa shape index (κ3) is 2.58. The zero-order valence-corrected chi connectivity index (χ0v) is 10.6. The van der Waals surface area contributed by atoms with Crippen LogP contribution in [0, 0.1) is 0 Å². The van der Waals surface area contributed by atoms with Gasteiger partial charge in [-0.3, -0.25) is 0 Å². The average molecular weight is 247 g/mol. The molecule has 0 amide bonds. The van der Waals surface area contributed by atoms with Crippen molar-refractivity contribution in [2.24, 2.45) is 0 Å². The van der Waals surface area contributed by atoms with Crippen molar-refractivity contribution in [1.82, 2.24) is 20.2 Å². The monoisotopic (exact) mass is 247 g/mol. The van der Waals surface area contributed by atoms with Crippen LogP contribution in [0.25, 0.3) is 11.4 Å². The number of aromatic nitrogens is 4. The zero-order valence-electron chi connectivity index (χ0n) is 10.6. The third-order valence-corrected chi connectivity index (χ3v) is 2.47. The predicted octanol–water partition coefficient (Wildman–Crippen LogP) is 1.73. The molecule has 0 saturated heterocycles. The van der Waals surface area contributed by atoms with Crippen molar-refractivity contribution >= 4 is 5.69 Å². The summed E-state index contributed by atoms with van der Waals surface area (Å²) in [7, 11) is 0. The lowest BCUT2D eigenvalue weighted by molar-refractivity contribution is 0.340. The van der Waals surface area contributed by atoms with Gasteiger partial charge in [0, 0.05) is 23.9 Å². The number of aryl methyl sites for hydroxylation is 1. The number of hydrogen-bond acceptors (Lipinski definition) is 5. The second kappa shape index (κ2) is 5.48. The first-order chi connectivity index (χ1) is 8.74. The Morgan fingerprint density at radius 3 is 2.83 bits per heavy atom. The number of anilines is 1. The Morgan fingerprint density at radius 2 is 2.11 bits per heavy atom. The van der Waals surface area contributed by atoms with E-state index in [0.29, 0.717) is 18.1 Å². The van der Waals surface area contributed by atoms with Crippen LogP contribution in [0.5, 0.6) is 5.75 Å². The summed E-state index contributed by atoms with van der Waals surface area (Å²) in [5.41, 5.74) is 7.37. The summed E-state index contributed by atoms with van der Waals surface area (Å²) in [5.74, 6) is 1.45. The van der Waals surface area contributed by atoms with Crippen molar-refractivity contribution in [2.75, 3.05) is 12.3 Å². The van der Waals surface area contributed by atoms with E-state index in [0.717, 1.165) is 24.3 Å². The fourth-order valence-electron chi connectivity index (χ4n) is 1.77. The number of nitrogens with two attached hydrogens (primary N) is 1. The maximum Gasteiger partial charge on any atom is 0.182 e. The maximum atomic E-state index is 5.86. The molecule has 1 aromatic heterocycles. The van der Waals surface area contributed by atoms with Crippen molar-refractivity contribution in [3.05, 3.63) is 18.2 Å². The molecule has 1 heterocycles. The lowest BCUT2D eigenvalue weighted by atomic mass is 10.1. The molecule has 0 saturated carbocycles. The van der Waals surface area contributed by atoms with Gasteiger partial charge in [0.1, 0.15) is 5.75 Å². The average Bonchev–Trinajstić information content (AvgIpc) is 2.77. The summed E-state index contributed by atoms with van der Waals surface area (Å²) in [6.07, 6.45) is 0.971. The van der Waals surface area contributed by atoms with Crippen molar-refractivity contribution in [3.8, 4) is 17.1 Å². The second-order valence-electron chi connectivity index (χ2n) is 3.95. The van der Waals surface area contributed by atoms with Crippen molar-refractivity contribution in [2.45, 2.75) is 26.8 Å². The van der Waals surface area contributed by atoms with E-state index in [1.807, 2.05) is 19.1 Å². The van der Waals surface area contributed by atoms with E-state index in [1.165, 1.54) is 0 Å². The Kier molecular flexibility index (Phi) is 3.76. The quantitative estimate of drug-likeness (QED) is 0.814. The van der Waals surface area contributed by atoms with Gasteiger partial charge in [-0.2, -0.15) is 0 Å². The van der Waals surface area contributed by atoms with E-state index in [9.17, 15) is 0 Å². The van der Waals surface area contributed by atoms with Crippen LogP contribution in [0.4, 0.5) is 5.69 Å². The molecule has 0 unspecified atom stereocenters. The van der Waals surface area contributed by atoms with Gasteiger partial charge in [-0.15, -0.1) is 5.10 Å². The van der Waals surface area contributed by atoms with Gasteiger partial charge in [0.25, 0.3) is 0 Å². The molecule has 1 aromatic carbocycles. The Balaban J connectivity index is 2.39. The topological polar surface area (TPSA) is 78.9 Å². The van der Waals surface area contributed by atoms with Crippen molar-refractivity contribution < 1.29 is 4.74 Å². The number of benzene rings is 1. The highest BCUT2D eigenvalue weighted by molar-refractivity contribution is 5.64. The molecule has 0 aliphatic carbocycles. The van der Waals surface area contributed by atoms with Crippen molar-refractivity contribution in [1.29, 1.82) is 0 Å². The first-order valence-electron chi connectivity index (χ1n) is 6.04. The van der Waals surface area contributed by atoms with Gasteiger partial charge in [-0.1, -0.05) is 6.92 Å².